The summed E-state index contributed by atoms with van der Waals surface area (Å²) in [6, 6.07) is 3.71. The average Bonchev–Trinajstić information content (AvgIpc) is 2.81. The Morgan fingerprint density at radius 3 is 2.68 bits per heavy atom. The fourth-order valence-electron chi connectivity index (χ4n) is 3.76. The second-order valence-corrected chi connectivity index (χ2v) is 6.97. The minimum Gasteiger partial charge on any atom is -0.487 e. The van der Waals surface area contributed by atoms with Gasteiger partial charge in [0.15, 0.2) is 23.1 Å². The highest BCUT2D eigenvalue weighted by Gasteiger charge is 2.50. The lowest BCUT2D eigenvalue weighted by Gasteiger charge is -2.32. The molecule has 0 radical (unpaired) electrons. The molecular formula is C18H23F2N3O2. The molecule has 3 rings (SSSR count). The summed E-state index contributed by atoms with van der Waals surface area (Å²) in [5.74, 6) is -2.19. The van der Waals surface area contributed by atoms with E-state index in [1.165, 1.54) is 30.5 Å². The summed E-state index contributed by atoms with van der Waals surface area (Å²) in [5, 5.41) is 10.9. The molecular weight excluding hydrogens is 328 g/mol. The van der Waals surface area contributed by atoms with E-state index in [2.05, 4.69) is 5.32 Å². The zero-order chi connectivity index (χ0) is 18.0. The number of rotatable bonds is 5. The molecule has 2 N–H and O–H groups in total. The normalized spacial score (nSPS) is 24.5. The number of hydrogen-bond donors (Lipinski definition) is 2. The molecule has 0 bridgehead atoms. The lowest BCUT2D eigenvalue weighted by molar-refractivity contribution is -0.132. The van der Waals surface area contributed by atoms with Crippen molar-refractivity contribution in [1.82, 2.24) is 10.2 Å². The summed E-state index contributed by atoms with van der Waals surface area (Å²) in [6.45, 7) is -0.143. The molecule has 2 fully saturated rings. The molecule has 7 heteroatoms. The number of hydrogen-bond acceptors (Lipinski definition) is 3. The van der Waals surface area contributed by atoms with Crippen LogP contribution in [0.15, 0.2) is 18.2 Å². The van der Waals surface area contributed by atoms with E-state index in [1.54, 1.807) is 0 Å². The van der Waals surface area contributed by atoms with Gasteiger partial charge in [0.1, 0.15) is 6.61 Å². The van der Waals surface area contributed by atoms with Crippen molar-refractivity contribution in [3.8, 4) is 5.75 Å². The fourth-order valence-corrected chi connectivity index (χ4v) is 3.76. The Morgan fingerprint density at radius 1 is 1.32 bits per heavy atom. The standard InChI is InChI=1S/C18H23F2N3O2/c1-23-16(24)18(22-17(23)21,10-12-6-3-2-4-7-12)11-25-14-9-5-8-13(19)15(14)20/h5,8-9,12H,2-4,6-7,10-11H2,1H3,(H2,21,22). The molecule has 1 saturated heterocycles. The topological polar surface area (TPSA) is 65.4 Å². The van der Waals surface area contributed by atoms with Gasteiger partial charge in [-0.3, -0.25) is 15.1 Å². The van der Waals surface area contributed by atoms with Gasteiger partial charge in [-0.05, 0) is 24.5 Å². The van der Waals surface area contributed by atoms with Crippen LogP contribution in [0.5, 0.6) is 5.75 Å². The van der Waals surface area contributed by atoms with Gasteiger partial charge in [0.25, 0.3) is 5.91 Å². The first kappa shape index (κ1) is 17.6. The van der Waals surface area contributed by atoms with Crippen LogP contribution in [0, 0.1) is 23.0 Å². The van der Waals surface area contributed by atoms with Gasteiger partial charge in [-0.2, -0.15) is 4.39 Å². The predicted octanol–water partition coefficient (Wildman–Crippen LogP) is 3.05. The van der Waals surface area contributed by atoms with Crippen molar-refractivity contribution in [3.05, 3.63) is 29.8 Å². The first-order valence-corrected chi connectivity index (χ1v) is 8.65. The van der Waals surface area contributed by atoms with Crippen LogP contribution in [0.4, 0.5) is 8.78 Å². The van der Waals surface area contributed by atoms with Gasteiger partial charge in [-0.25, -0.2) is 4.39 Å². The van der Waals surface area contributed by atoms with E-state index in [9.17, 15) is 13.6 Å². The lowest BCUT2D eigenvalue weighted by Crippen LogP contribution is -2.53. The molecule has 1 amide bonds. The number of nitrogens with zero attached hydrogens (tertiary/aromatic N) is 1. The summed E-state index contributed by atoms with van der Waals surface area (Å²) in [5.41, 5.74) is -1.10. The lowest BCUT2D eigenvalue weighted by atomic mass is 9.79. The van der Waals surface area contributed by atoms with E-state index in [1.807, 2.05) is 0 Å². The van der Waals surface area contributed by atoms with Crippen LogP contribution < -0.4 is 10.1 Å². The monoisotopic (exact) mass is 351 g/mol. The largest absolute Gasteiger partial charge is 0.487 e. The van der Waals surface area contributed by atoms with Crippen LogP contribution in [-0.4, -0.2) is 36.0 Å². The summed E-state index contributed by atoms with van der Waals surface area (Å²) in [4.78, 5) is 14.0. The average molecular weight is 351 g/mol. The molecule has 136 valence electrons. The maximum absolute atomic E-state index is 13.9. The van der Waals surface area contributed by atoms with Crippen LogP contribution in [-0.2, 0) is 4.79 Å². The van der Waals surface area contributed by atoms with Crippen molar-refractivity contribution in [2.75, 3.05) is 13.7 Å². The maximum Gasteiger partial charge on any atom is 0.258 e. The first-order chi connectivity index (χ1) is 11.9. The third kappa shape index (κ3) is 3.45. The van der Waals surface area contributed by atoms with Gasteiger partial charge >= 0.3 is 0 Å². The predicted molar refractivity (Wildman–Crippen MR) is 89.4 cm³/mol. The van der Waals surface area contributed by atoms with E-state index < -0.39 is 17.2 Å². The van der Waals surface area contributed by atoms with Crippen molar-refractivity contribution in [1.29, 1.82) is 5.41 Å². The summed E-state index contributed by atoms with van der Waals surface area (Å²) < 4.78 is 32.7. The zero-order valence-electron chi connectivity index (χ0n) is 14.3. The highest BCUT2D eigenvalue weighted by Crippen LogP contribution is 2.34. The van der Waals surface area contributed by atoms with E-state index in [0.717, 1.165) is 31.7 Å². The molecule has 5 nitrogen and oxygen atoms in total. The van der Waals surface area contributed by atoms with Gasteiger partial charge in [0.05, 0.1) is 0 Å². The number of carbonyl (C=O) groups excluding carboxylic acids is 1. The highest BCUT2D eigenvalue weighted by molar-refractivity contribution is 6.07. The van der Waals surface area contributed by atoms with Gasteiger partial charge in [-0.15, -0.1) is 0 Å². The third-order valence-corrected chi connectivity index (χ3v) is 5.16. The molecule has 0 aromatic heterocycles. The third-order valence-electron chi connectivity index (χ3n) is 5.16. The number of benzene rings is 1. The van der Waals surface area contributed by atoms with Crippen molar-refractivity contribution >= 4 is 11.9 Å². The molecule has 25 heavy (non-hydrogen) atoms. The molecule has 1 heterocycles. The van der Waals surface area contributed by atoms with Crippen molar-refractivity contribution < 1.29 is 18.3 Å². The molecule has 1 aromatic rings. The van der Waals surface area contributed by atoms with Crippen LogP contribution in [0.25, 0.3) is 0 Å². The minimum absolute atomic E-state index is 0.00382. The number of ether oxygens (including phenoxy) is 1. The van der Waals surface area contributed by atoms with Gasteiger partial charge < -0.3 is 10.1 Å². The number of halogens is 2. The van der Waals surface area contributed by atoms with Crippen LogP contribution in [0.1, 0.15) is 38.5 Å². The number of nitrogens with one attached hydrogen (secondary N) is 2. The van der Waals surface area contributed by atoms with Crippen LogP contribution in [0.3, 0.4) is 0 Å². The fraction of sp³-hybridized carbons (Fsp3) is 0.556. The molecule has 1 atom stereocenters. The zero-order valence-corrected chi connectivity index (χ0v) is 14.3. The highest BCUT2D eigenvalue weighted by atomic mass is 19.2. The second-order valence-electron chi connectivity index (χ2n) is 6.97. The first-order valence-electron chi connectivity index (χ1n) is 8.65. The van der Waals surface area contributed by atoms with Gasteiger partial charge in [-0.1, -0.05) is 38.2 Å². The molecule has 1 aliphatic carbocycles. The van der Waals surface area contributed by atoms with E-state index >= 15 is 0 Å². The van der Waals surface area contributed by atoms with Crippen molar-refractivity contribution in [3.63, 3.8) is 0 Å². The molecule has 1 saturated carbocycles. The number of likely N-dealkylation sites (N-methyl/N-ethyl adjacent to an activating group) is 1. The molecule has 1 aliphatic heterocycles. The Labute approximate surface area is 145 Å². The Morgan fingerprint density at radius 2 is 2.04 bits per heavy atom. The summed E-state index contributed by atoms with van der Waals surface area (Å²) in [7, 11) is 1.53. The smallest absolute Gasteiger partial charge is 0.258 e. The minimum atomic E-state index is -1.10. The Hall–Kier alpha value is -2.18. The van der Waals surface area contributed by atoms with Crippen LogP contribution in [0.2, 0.25) is 0 Å². The number of amides is 1. The molecule has 2 aliphatic rings. The Kier molecular flexibility index (Phi) is 4.92. The Bertz CT molecular complexity index is 676. The SMILES string of the molecule is CN1C(=N)NC(COc2cccc(F)c2F)(CC2CCCCC2)C1=O. The quantitative estimate of drug-likeness (QED) is 0.857. The van der Waals surface area contributed by atoms with E-state index in [4.69, 9.17) is 10.1 Å². The van der Waals surface area contributed by atoms with Crippen LogP contribution >= 0.6 is 0 Å². The van der Waals surface area contributed by atoms with Crippen molar-refractivity contribution in [2.24, 2.45) is 5.92 Å². The number of carbonyl (C=O) groups is 1. The molecule has 1 aromatic carbocycles. The molecule has 0 spiro atoms. The van der Waals surface area contributed by atoms with E-state index in [0.29, 0.717) is 12.3 Å². The number of guanidine groups is 1. The summed E-state index contributed by atoms with van der Waals surface area (Å²) in [6.07, 6.45) is 6.04. The Balaban J connectivity index is 1.80. The maximum atomic E-state index is 13.9. The second kappa shape index (κ2) is 6.98. The van der Waals surface area contributed by atoms with E-state index in [-0.39, 0.29) is 24.2 Å². The molecule has 1 unspecified atom stereocenters. The van der Waals surface area contributed by atoms with Gasteiger partial charge in [0.2, 0.25) is 5.82 Å². The van der Waals surface area contributed by atoms with Gasteiger partial charge in [0, 0.05) is 7.05 Å². The summed E-state index contributed by atoms with van der Waals surface area (Å²) >= 11 is 0. The van der Waals surface area contributed by atoms with Crippen molar-refractivity contribution in [2.45, 2.75) is 44.1 Å².